The van der Waals surface area contributed by atoms with E-state index in [2.05, 4.69) is 6.07 Å². The van der Waals surface area contributed by atoms with Gasteiger partial charge in [-0.25, -0.2) is 0 Å². The summed E-state index contributed by atoms with van der Waals surface area (Å²) in [4.78, 5) is 1.23. The van der Waals surface area contributed by atoms with Gasteiger partial charge in [0.1, 0.15) is 0 Å². The molecule has 0 radical (unpaired) electrons. The molecular weight excluding hydrogens is 252 g/mol. The minimum Gasteiger partial charge on any atom is -0.389 e. The number of aliphatic hydroxyl groups excluding tert-OH is 1. The van der Waals surface area contributed by atoms with E-state index in [1.807, 2.05) is 23.9 Å². The van der Waals surface area contributed by atoms with Crippen LogP contribution in [0.3, 0.4) is 0 Å². The van der Waals surface area contributed by atoms with Crippen LogP contribution < -0.4 is 0 Å². The first-order chi connectivity index (χ1) is 8.16. The number of thioether (sulfide) groups is 1. The second-order valence-electron chi connectivity index (χ2n) is 4.74. The first kappa shape index (κ1) is 13.3. The van der Waals surface area contributed by atoms with Crippen LogP contribution in [0.5, 0.6) is 0 Å². The zero-order valence-corrected chi connectivity index (χ0v) is 11.7. The van der Waals surface area contributed by atoms with Crippen molar-refractivity contribution < 1.29 is 5.11 Å². The lowest BCUT2D eigenvalue weighted by Crippen LogP contribution is -2.07. The van der Waals surface area contributed by atoms with E-state index in [9.17, 15) is 5.11 Å². The molecule has 1 saturated carbocycles. The molecule has 1 aromatic carbocycles. The third kappa shape index (κ3) is 3.64. The molecular formula is C14H19ClOS. The Morgan fingerprint density at radius 3 is 2.59 bits per heavy atom. The molecule has 0 aliphatic heterocycles. The summed E-state index contributed by atoms with van der Waals surface area (Å²) in [5.41, 5.74) is 0.819. The van der Waals surface area contributed by atoms with Gasteiger partial charge in [0.2, 0.25) is 0 Å². The summed E-state index contributed by atoms with van der Waals surface area (Å²) in [7, 11) is 0. The highest BCUT2D eigenvalue weighted by molar-refractivity contribution is 8.00. The highest BCUT2D eigenvalue weighted by Crippen LogP contribution is 2.36. The smallest absolute Gasteiger partial charge is 0.0776 e. The average molecular weight is 271 g/mol. The standard InChI is InChI=1S/C14H19ClOS/c1-10(16)13-8-7-12(9-14(13)15)17-11-5-3-2-4-6-11/h7-11,16H,2-6H2,1H3. The lowest BCUT2D eigenvalue weighted by atomic mass is 10.0. The summed E-state index contributed by atoms with van der Waals surface area (Å²) in [5.74, 6) is 0. The molecule has 94 valence electrons. The van der Waals surface area contributed by atoms with Crippen LogP contribution in [0.4, 0.5) is 0 Å². The van der Waals surface area contributed by atoms with Crippen molar-refractivity contribution in [3.8, 4) is 0 Å². The molecule has 0 amide bonds. The number of rotatable bonds is 3. The van der Waals surface area contributed by atoms with Crippen LogP contribution in [0.2, 0.25) is 5.02 Å². The van der Waals surface area contributed by atoms with Crippen molar-refractivity contribution in [3.05, 3.63) is 28.8 Å². The maximum Gasteiger partial charge on any atom is 0.0776 e. The highest BCUT2D eigenvalue weighted by Gasteiger charge is 2.15. The van der Waals surface area contributed by atoms with Crippen LogP contribution in [0.25, 0.3) is 0 Å². The lowest BCUT2D eigenvalue weighted by molar-refractivity contribution is 0.199. The van der Waals surface area contributed by atoms with Gasteiger partial charge >= 0.3 is 0 Å². The third-order valence-electron chi connectivity index (χ3n) is 3.28. The van der Waals surface area contributed by atoms with E-state index in [-0.39, 0.29) is 0 Å². The Kier molecular flexibility index (Phi) is 4.78. The molecule has 1 atom stereocenters. The van der Waals surface area contributed by atoms with Crippen molar-refractivity contribution in [1.82, 2.24) is 0 Å². The van der Waals surface area contributed by atoms with Gasteiger partial charge in [0.15, 0.2) is 0 Å². The van der Waals surface area contributed by atoms with Crippen molar-refractivity contribution in [3.63, 3.8) is 0 Å². The van der Waals surface area contributed by atoms with Gasteiger partial charge in [-0.05, 0) is 37.5 Å². The quantitative estimate of drug-likeness (QED) is 0.850. The average Bonchev–Trinajstić information content (AvgIpc) is 2.30. The zero-order chi connectivity index (χ0) is 12.3. The number of aliphatic hydroxyl groups is 1. The van der Waals surface area contributed by atoms with Gasteiger partial charge in [-0.1, -0.05) is 36.9 Å². The monoisotopic (exact) mass is 270 g/mol. The van der Waals surface area contributed by atoms with Crippen LogP contribution in [-0.4, -0.2) is 10.4 Å². The van der Waals surface area contributed by atoms with Crippen molar-refractivity contribution in [2.24, 2.45) is 0 Å². The predicted molar refractivity (Wildman–Crippen MR) is 74.8 cm³/mol. The Balaban J connectivity index is 2.04. The van der Waals surface area contributed by atoms with Crippen molar-refractivity contribution in [1.29, 1.82) is 0 Å². The van der Waals surface area contributed by atoms with Gasteiger partial charge in [0.25, 0.3) is 0 Å². The first-order valence-electron chi connectivity index (χ1n) is 6.31. The van der Waals surface area contributed by atoms with E-state index >= 15 is 0 Å². The topological polar surface area (TPSA) is 20.2 Å². The highest BCUT2D eigenvalue weighted by atomic mass is 35.5. The van der Waals surface area contributed by atoms with Crippen LogP contribution in [0, 0.1) is 0 Å². The molecule has 0 aromatic heterocycles. The van der Waals surface area contributed by atoms with E-state index in [0.29, 0.717) is 5.02 Å². The molecule has 1 aliphatic carbocycles. The summed E-state index contributed by atoms with van der Waals surface area (Å²) >= 11 is 8.10. The van der Waals surface area contributed by atoms with Crippen molar-refractivity contribution in [2.75, 3.05) is 0 Å². The molecule has 3 heteroatoms. The summed E-state index contributed by atoms with van der Waals surface area (Å²) in [6.45, 7) is 1.75. The largest absolute Gasteiger partial charge is 0.389 e. The molecule has 2 rings (SSSR count). The molecule has 0 bridgehead atoms. The fraction of sp³-hybridized carbons (Fsp3) is 0.571. The van der Waals surface area contributed by atoms with Crippen LogP contribution >= 0.6 is 23.4 Å². The number of hydrogen-bond donors (Lipinski definition) is 1. The van der Waals surface area contributed by atoms with Gasteiger partial charge in [0, 0.05) is 15.2 Å². The Hall–Kier alpha value is -0.180. The summed E-state index contributed by atoms with van der Waals surface area (Å²) in [5, 5.41) is 11.0. The minimum absolute atomic E-state index is 0.490. The maximum atomic E-state index is 9.53. The Morgan fingerprint density at radius 1 is 1.29 bits per heavy atom. The number of halogens is 1. The number of hydrogen-bond acceptors (Lipinski definition) is 2. The van der Waals surface area contributed by atoms with Gasteiger partial charge < -0.3 is 5.11 Å². The Labute approximate surface area is 113 Å². The van der Waals surface area contributed by atoms with Crippen molar-refractivity contribution >= 4 is 23.4 Å². The molecule has 1 N–H and O–H groups in total. The van der Waals surface area contributed by atoms with Gasteiger partial charge in [-0.3, -0.25) is 0 Å². The molecule has 0 heterocycles. The molecule has 1 aromatic rings. The van der Waals surface area contributed by atoms with Crippen LogP contribution in [0.15, 0.2) is 23.1 Å². The third-order valence-corrected chi connectivity index (χ3v) is 4.94. The Bertz CT molecular complexity index is 372. The summed E-state index contributed by atoms with van der Waals surface area (Å²) in [6, 6.07) is 6.01. The maximum absolute atomic E-state index is 9.53. The van der Waals surface area contributed by atoms with Crippen LogP contribution in [-0.2, 0) is 0 Å². The van der Waals surface area contributed by atoms with Crippen molar-refractivity contribution in [2.45, 2.75) is 55.3 Å². The minimum atomic E-state index is -0.490. The normalized spacial score (nSPS) is 19.2. The molecule has 1 nitrogen and oxygen atoms in total. The van der Waals surface area contributed by atoms with Gasteiger partial charge in [0.05, 0.1) is 6.10 Å². The first-order valence-corrected chi connectivity index (χ1v) is 7.57. The second-order valence-corrected chi connectivity index (χ2v) is 6.52. The number of benzene rings is 1. The summed E-state index contributed by atoms with van der Waals surface area (Å²) < 4.78 is 0. The fourth-order valence-electron chi connectivity index (χ4n) is 2.30. The zero-order valence-electron chi connectivity index (χ0n) is 10.2. The summed E-state index contributed by atoms with van der Waals surface area (Å²) in [6.07, 6.45) is 6.25. The fourth-order valence-corrected chi connectivity index (χ4v) is 3.98. The van der Waals surface area contributed by atoms with E-state index in [1.54, 1.807) is 6.92 Å². The predicted octanol–water partition coefficient (Wildman–Crippen LogP) is 4.82. The van der Waals surface area contributed by atoms with E-state index in [0.717, 1.165) is 10.8 Å². The lowest BCUT2D eigenvalue weighted by Gasteiger charge is -2.21. The molecule has 1 fully saturated rings. The second kappa shape index (κ2) is 6.12. The molecule has 1 aliphatic rings. The Morgan fingerprint density at radius 2 is 2.00 bits per heavy atom. The van der Waals surface area contributed by atoms with Gasteiger partial charge in [-0.15, -0.1) is 11.8 Å². The van der Waals surface area contributed by atoms with E-state index in [4.69, 9.17) is 11.6 Å². The molecule has 0 saturated heterocycles. The molecule has 1 unspecified atom stereocenters. The SMILES string of the molecule is CC(O)c1ccc(SC2CCCCC2)cc1Cl. The molecule has 0 spiro atoms. The van der Waals surface area contributed by atoms with Gasteiger partial charge in [-0.2, -0.15) is 0 Å². The van der Waals surface area contributed by atoms with E-state index in [1.165, 1.54) is 37.0 Å². The van der Waals surface area contributed by atoms with E-state index < -0.39 is 6.10 Å². The molecule has 17 heavy (non-hydrogen) atoms. The van der Waals surface area contributed by atoms with Crippen LogP contribution in [0.1, 0.15) is 50.7 Å².